The number of benzene rings is 1. The monoisotopic (exact) mass is 403 g/mol. The van der Waals surface area contributed by atoms with Crippen LogP contribution in [-0.2, 0) is 4.79 Å². The highest BCUT2D eigenvalue weighted by Crippen LogP contribution is 2.26. The Balaban J connectivity index is 1.98. The van der Waals surface area contributed by atoms with Gasteiger partial charge in [-0.25, -0.2) is 0 Å². The van der Waals surface area contributed by atoms with Crippen molar-refractivity contribution in [1.29, 1.82) is 0 Å². The number of amides is 1. The van der Waals surface area contributed by atoms with Gasteiger partial charge in [-0.05, 0) is 48.0 Å². The van der Waals surface area contributed by atoms with Crippen molar-refractivity contribution in [1.82, 2.24) is 10.2 Å². The van der Waals surface area contributed by atoms with Crippen LogP contribution in [0.15, 0.2) is 27.1 Å². The summed E-state index contributed by atoms with van der Waals surface area (Å²) in [5.41, 5.74) is 0.804. The molecule has 6 heteroatoms. The molecule has 20 heavy (non-hydrogen) atoms. The number of hydrogen-bond donors (Lipinski definition) is 2. The first kappa shape index (κ1) is 15.9. The van der Waals surface area contributed by atoms with E-state index in [0.29, 0.717) is 6.54 Å². The molecule has 4 nitrogen and oxygen atoms in total. The summed E-state index contributed by atoms with van der Waals surface area (Å²) in [5, 5.41) is 6.31. The Kier molecular flexibility index (Phi) is 5.23. The first-order valence-corrected chi connectivity index (χ1v) is 8.18. The van der Waals surface area contributed by atoms with Gasteiger partial charge in [0.25, 0.3) is 0 Å². The lowest BCUT2D eigenvalue weighted by Crippen LogP contribution is -2.59. The molecule has 0 aliphatic carbocycles. The highest BCUT2D eigenvalue weighted by Gasteiger charge is 2.30. The summed E-state index contributed by atoms with van der Waals surface area (Å²) in [6, 6.07) is 5.72. The zero-order chi connectivity index (χ0) is 14.8. The maximum Gasteiger partial charge on any atom is 0.238 e. The third-order valence-corrected chi connectivity index (χ3v) is 4.66. The van der Waals surface area contributed by atoms with E-state index in [-0.39, 0.29) is 11.4 Å². The molecule has 1 aromatic carbocycles. The predicted octanol–water partition coefficient (Wildman–Crippen LogP) is 2.83. The number of rotatable bonds is 3. The normalized spacial score (nSPS) is 18.8. The predicted molar refractivity (Wildman–Crippen MR) is 89.0 cm³/mol. The minimum absolute atomic E-state index is 0.00649. The highest BCUT2D eigenvalue weighted by atomic mass is 79.9. The summed E-state index contributed by atoms with van der Waals surface area (Å²) >= 11 is 6.85. The van der Waals surface area contributed by atoms with Crippen LogP contribution >= 0.6 is 31.9 Å². The Labute approximate surface area is 136 Å². The average Bonchev–Trinajstić information content (AvgIpc) is 2.35. The molecule has 0 saturated carbocycles. The van der Waals surface area contributed by atoms with E-state index in [1.54, 1.807) is 0 Å². The Morgan fingerprint density at radius 2 is 2.20 bits per heavy atom. The molecule has 110 valence electrons. The van der Waals surface area contributed by atoms with Gasteiger partial charge in [-0.15, -0.1) is 0 Å². The number of halogens is 2. The molecule has 1 aliphatic rings. The molecule has 2 rings (SSSR count). The SMILES string of the molecule is CC1(C)CNCCN1CC(=O)Nc1ccc(Br)cc1Br. The van der Waals surface area contributed by atoms with Gasteiger partial charge in [0.15, 0.2) is 0 Å². The van der Waals surface area contributed by atoms with E-state index in [9.17, 15) is 4.79 Å². The standard InChI is InChI=1S/C14H19Br2N3O/c1-14(2)9-17-5-6-19(14)8-13(20)18-12-4-3-10(15)7-11(12)16/h3-4,7,17H,5-6,8-9H2,1-2H3,(H,18,20). The van der Waals surface area contributed by atoms with Gasteiger partial charge in [-0.3, -0.25) is 9.69 Å². The number of hydrogen-bond acceptors (Lipinski definition) is 3. The van der Waals surface area contributed by atoms with Crippen LogP contribution in [0.25, 0.3) is 0 Å². The second-order valence-electron chi connectivity index (χ2n) is 5.58. The van der Waals surface area contributed by atoms with E-state index in [0.717, 1.165) is 34.3 Å². The van der Waals surface area contributed by atoms with E-state index in [2.05, 4.69) is 61.2 Å². The summed E-state index contributed by atoms with van der Waals surface area (Å²) in [5.74, 6) is 0.0167. The molecule has 0 unspecified atom stereocenters. The number of carbonyl (C=O) groups excluding carboxylic acids is 1. The van der Waals surface area contributed by atoms with Gasteiger partial charge in [0.2, 0.25) is 5.91 Å². The van der Waals surface area contributed by atoms with Crippen LogP contribution in [0, 0.1) is 0 Å². The van der Waals surface area contributed by atoms with Crippen LogP contribution in [0.1, 0.15) is 13.8 Å². The number of anilines is 1. The second-order valence-corrected chi connectivity index (χ2v) is 7.35. The van der Waals surface area contributed by atoms with Gasteiger partial charge < -0.3 is 10.6 Å². The molecule has 0 bridgehead atoms. The molecule has 0 aromatic heterocycles. The molecule has 0 spiro atoms. The Morgan fingerprint density at radius 1 is 1.45 bits per heavy atom. The Bertz CT molecular complexity index is 505. The Hall–Kier alpha value is -0.430. The molecule has 1 heterocycles. The van der Waals surface area contributed by atoms with Gasteiger partial charge >= 0.3 is 0 Å². The lowest BCUT2D eigenvalue weighted by atomic mass is 10.0. The first-order chi connectivity index (χ1) is 9.38. The van der Waals surface area contributed by atoms with Crippen molar-refractivity contribution < 1.29 is 4.79 Å². The summed E-state index contributed by atoms with van der Waals surface area (Å²) in [6.07, 6.45) is 0. The van der Waals surface area contributed by atoms with Crippen LogP contribution in [0.2, 0.25) is 0 Å². The summed E-state index contributed by atoms with van der Waals surface area (Å²) in [7, 11) is 0. The fraction of sp³-hybridized carbons (Fsp3) is 0.500. The summed E-state index contributed by atoms with van der Waals surface area (Å²) in [6.45, 7) is 7.45. The molecule has 1 amide bonds. The molecule has 2 N–H and O–H groups in total. The quantitative estimate of drug-likeness (QED) is 0.814. The molecule has 0 atom stereocenters. The summed E-state index contributed by atoms with van der Waals surface area (Å²) < 4.78 is 1.85. The topological polar surface area (TPSA) is 44.4 Å². The number of nitrogens with one attached hydrogen (secondary N) is 2. The Morgan fingerprint density at radius 3 is 2.85 bits per heavy atom. The minimum atomic E-state index is 0.00649. The lowest BCUT2D eigenvalue weighted by Gasteiger charge is -2.42. The van der Waals surface area contributed by atoms with Crippen molar-refractivity contribution in [3.8, 4) is 0 Å². The van der Waals surface area contributed by atoms with E-state index < -0.39 is 0 Å². The van der Waals surface area contributed by atoms with Crippen molar-refractivity contribution >= 4 is 43.5 Å². The number of nitrogens with zero attached hydrogens (tertiary/aromatic N) is 1. The van der Waals surface area contributed by atoms with Crippen LogP contribution in [0.5, 0.6) is 0 Å². The number of carbonyl (C=O) groups is 1. The molecule has 1 aliphatic heterocycles. The van der Waals surface area contributed by atoms with Crippen LogP contribution < -0.4 is 10.6 Å². The first-order valence-electron chi connectivity index (χ1n) is 6.59. The van der Waals surface area contributed by atoms with Crippen molar-refractivity contribution in [3.05, 3.63) is 27.1 Å². The molecule has 1 fully saturated rings. The fourth-order valence-electron chi connectivity index (χ4n) is 2.27. The van der Waals surface area contributed by atoms with E-state index in [4.69, 9.17) is 0 Å². The van der Waals surface area contributed by atoms with Crippen LogP contribution in [-0.4, -0.2) is 42.5 Å². The molecular formula is C14H19Br2N3O. The zero-order valence-electron chi connectivity index (χ0n) is 11.7. The van der Waals surface area contributed by atoms with Crippen molar-refractivity contribution in [2.45, 2.75) is 19.4 Å². The molecular weight excluding hydrogens is 386 g/mol. The molecule has 1 saturated heterocycles. The van der Waals surface area contributed by atoms with Crippen molar-refractivity contribution in [3.63, 3.8) is 0 Å². The van der Waals surface area contributed by atoms with Gasteiger partial charge in [-0.2, -0.15) is 0 Å². The highest BCUT2D eigenvalue weighted by molar-refractivity contribution is 9.11. The van der Waals surface area contributed by atoms with Crippen molar-refractivity contribution in [2.75, 3.05) is 31.5 Å². The lowest BCUT2D eigenvalue weighted by molar-refractivity contribution is -0.119. The zero-order valence-corrected chi connectivity index (χ0v) is 14.8. The van der Waals surface area contributed by atoms with Crippen LogP contribution in [0.4, 0.5) is 5.69 Å². The van der Waals surface area contributed by atoms with Gasteiger partial charge in [0.1, 0.15) is 0 Å². The molecule has 0 radical (unpaired) electrons. The van der Waals surface area contributed by atoms with Gasteiger partial charge in [-0.1, -0.05) is 15.9 Å². The molecule has 1 aromatic rings. The van der Waals surface area contributed by atoms with Crippen LogP contribution in [0.3, 0.4) is 0 Å². The largest absolute Gasteiger partial charge is 0.324 e. The third kappa shape index (κ3) is 4.04. The van der Waals surface area contributed by atoms with E-state index in [1.807, 2.05) is 18.2 Å². The number of piperazine rings is 1. The fourth-order valence-corrected chi connectivity index (χ4v) is 3.42. The van der Waals surface area contributed by atoms with E-state index >= 15 is 0 Å². The summed E-state index contributed by atoms with van der Waals surface area (Å²) in [4.78, 5) is 14.4. The average molecular weight is 405 g/mol. The van der Waals surface area contributed by atoms with Crippen molar-refractivity contribution in [2.24, 2.45) is 0 Å². The second kappa shape index (κ2) is 6.56. The van der Waals surface area contributed by atoms with Gasteiger partial charge in [0, 0.05) is 34.1 Å². The maximum atomic E-state index is 12.2. The smallest absolute Gasteiger partial charge is 0.238 e. The third-order valence-electron chi connectivity index (χ3n) is 3.51. The van der Waals surface area contributed by atoms with E-state index in [1.165, 1.54) is 0 Å². The minimum Gasteiger partial charge on any atom is -0.324 e. The maximum absolute atomic E-state index is 12.2. The van der Waals surface area contributed by atoms with Gasteiger partial charge in [0.05, 0.1) is 12.2 Å².